The fourth-order valence-corrected chi connectivity index (χ4v) is 6.25. The fraction of sp³-hybridized carbons (Fsp3) is 0.0270. The summed E-state index contributed by atoms with van der Waals surface area (Å²) in [6.07, 6.45) is 1.83. The molecule has 4 heterocycles. The van der Waals surface area contributed by atoms with Gasteiger partial charge in [-0.05, 0) is 66.7 Å². The number of benzene rings is 5. The smallest absolute Gasteiger partial charge is 0.140 e. The minimum absolute atomic E-state index is 0.740. The second kappa shape index (κ2) is 9.06. The van der Waals surface area contributed by atoms with Gasteiger partial charge < -0.3 is 13.7 Å². The van der Waals surface area contributed by atoms with Crippen LogP contribution in [0.4, 0.5) is 0 Å². The van der Waals surface area contributed by atoms with E-state index in [1.807, 2.05) is 92.1 Å². The van der Waals surface area contributed by atoms with Crippen molar-refractivity contribution < 1.29 is 9.15 Å². The van der Waals surface area contributed by atoms with Crippen molar-refractivity contribution in [2.75, 3.05) is 0 Å². The van der Waals surface area contributed by atoms with Crippen LogP contribution in [0.15, 0.2) is 132 Å². The number of nitrogens with zero attached hydrogens (tertiary/aromatic N) is 4. The van der Waals surface area contributed by atoms with Gasteiger partial charge in [0.25, 0.3) is 0 Å². The predicted molar refractivity (Wildman–Crippen MR) is 172 cm³/mol. The molecule has 6 nitrogen and oxygen atoms in total. The lowest BCUT2D eigenvalue weighted by Gasteiger charge is -2.10. The zero-order valence-electron chi connectivity index (χ0n) is 23.2. The van der Waals surface area contributed by atoms with E-state index in [0.29, 0.717) is 0 Å². The molecule has 0 bridgehead atoms. The number of imidazole rings is 1. The molecule has 43 heavy (non-hydrogen) atoms. The first-order valence-electron chi connectivity index (χ1n) is 14.2. The summed E-state index contributed by atoms with van der Waals surface area (Å²) in [7, 11) is 2.04. The molecule has 0 amide bonds. The lowest BCUT2D eigenvalue weighted by molar-refractivity contribution is 0.483. The molecule has 9 rings (SSSR count). The average molecular weight is 557 g/mol. The van der Waals surface area contributed by atoms with E-state index < -0.39 is 0 Å². The van der Waals surface area contributed by atoms with Crippen molar-refractivity contribution in [2.45, 2.75) is 0 Å². The second-order valence-corrected chi connectivity index (χ2v) is 10.8. The Morgan fingerprint density at radius 1 is 0.605 bits per heavy atom. The minimum atomic E-state index is 0.740. The molecule has 0 saturated heterocycles. The highest BCUT2D eigenvalue weighted by atomic mass is 16.5. The molecule has 0 unspecified atom stereocenters. The maximum atomic E-state index is 6.48. The number of hydrogen-bond acceptors (Lipinski definition) is 4. The van der Waals surface area contributed by atoms with Crippen LogP contribution in [0.2, 0.25) is 0 Å². The number of rotatable bonds is 4. The van der Waals surface area contributed by atoms with Gasteiger partial charge in [0.05, 0.1) is 22.1 Å². The van der Waals surface area contributed by atoms with Gasteiger partial charge in [-0.3, -0.25) is 4.57 Å². The average Bonchev–Trinajstić information content (AvgIpc) is 3.69. The molecule has 0 spiro atoms. The molecule has 0 fully saturated rings. The van der Waals surface area contributed by atoms with Gasteiger partial charge in [-0.2, -0.15) is 0 Å². The van der Waals surface area contributed by atoms with Crippen LogP contribution in [0.3, 0.4) is 0 Å². The molecule has 0 aliphatic carbocycles. The Balaban J connectivity index is 1.19. The van der Waals surface area contributed by atoms with Gasteiger partial charge in [0.15, 0.2) is 0 Å². The highest BCUT2D eigenvalue weighted by Gasteiger charge is 2.18. The molecule has 5 aromatic carbocycles. The van der Waals surface area contributed by atoms with Crippen LogP contribution in [-0.2, 0) is 7.05 Å². The third-order valence-corrected chi connectivity index (χ3v) is 8.23. The zero-order chi connectivity index (χ0) is 28.5. The van der Waals surface area contributed by atoms with Gasteiger partial charge in [-0.1, -0.05) is 48.5 Å². The van der Waals surface area contributed by atoms with E-state index in [0.717, 1.165) is 83.5 Å². The third kappa shape index (κ3) is 3.66. The number of pyridine rings is 1. The Kier molecular flexibility index (Phi) is 5.01. The Hall–Kier alpha value is -5.88. The summed E-state index contributed by atoms with van der Waals surface area (Å²) in [6.45, 7) is 0. The van der Waals surface area contributed by atoms with Crippen LogP contribution < -0.4 is 4.74 Å². The molecule has 0 atom stereocenters. The summed E-state index contributed by atoms with van der Waals surface area (Å²) in [4.78, 5) is 9.59. The number of fused-ring (bicyclic) bond motifs is 7. The van der Waals surface area contributed by atoms with E-state index in [1.165, 1.54) is 0 Å². The van der Waals surface area contributed by atoms with Crippen LogP contribution in [0.25, 0.3) is 72.0 Å². The largest absolute Gasteiger partial charge is 0.457 e. The van der Waals surface area contributed by atoms with E-state index >= 15 is 0 Å². The SMILES string of the molecule is Cn1c(-c2cccc(Oc3ccc4c5cc6oc7ccccc7c6cc5n(-c5ccccn5)c4c3)c2)nc2ccccc21. The second-order valence-electron chi connectivity index (χ2n) is 10.8. The molecule has 6 heteroatoms. The monoisotopic (exact) mass is 556 g/mol. The standard InChI is InChI=1S/C37H24N4O2/c1-40-31-13-4-3-12-30(31)39-37(40)23-9-8-10-24(19-23)42-25-16-17-26-28-22-35-29(27-11-2-5-14-34(27)43-35)21-33(28)41(32(26)20-25)36-15-6-7-18-38-36/h2-22H,1H3. The summed E-state index contributed by atoms with van der Waals surface area (Å²) < 4.78 is 17.0. The van der Waals surface area contributed by atoms with Crippen LogP contribution in [0, 0.1) is 0 Å². The maximum Gasteiger partial charge on any atom is 0.140 e. The van der Waals surface area contributed by atoms with Crippen LogP contribution >= 0.6 is 0 Å². The van der Waals surface area contributed by atoms with Crippen molar-refractivity contribution in [2.24, 2.45) is 7.05 Å². The molecule has 0 radical (unpaired) electrons. The van der Waals surface area contributed by atoms with Gasteiger partial charge in [0, 0.05) is 46.4 Å². The third-order valence-electron chi connectivity index (χ3n) is 8.23. The number of furan rings is 1. The number of aryl methyl sites for hydroxylation is 1. The summed E-state index contributed by atoms with van der Waals surface area (Å²) in [5.74, 6) is 3.22. The van der Waals surface area contributed by atoms with Crippen molar-refractivity contribution in [3.05, 3.63) is 128 Å². The quantitative estimate of drug-likeness (QED) is 0.217. The summed E-state index contributed by atoms with van der Waals surface area (Å²) in [5.41, 5.74) is 6.89. The van der Waals surface area contributed by atoms with Gasteiger partial charge in [0.1, 0.15) is 34.3 Å². The van der Waals surface area contributed by atoms with Crippen molar-refractivity contribution in [3.63, 3.8) is 0 Å². The summed E-state index contributed by atoms with van der Waals surface area (Å²) in [5, 5.41) is 4.38. The summed E-state index contributed by atoms with van der Waals surface area (Å²) in [6, 6.07) is 41.0. The van der Waals surface area contributed by atoms with E-state index in [2.05, 4.69) is 51.6 Å². The number of ether oxygens (including phenoxy) is 1. The molecular weight excluding hydrogens is 532 g/mol. The van der Waals surface area contributed by atoms with E-state index in [4.69, 9.17) is 19.1 Å². The van der Waals surface area contributed by atoms with Crippen LogP contribution in [-0.4, -0.2) is 19.1 Å². The van der Waals surface area contributed by atoms with E-state index in [-0.39, 0.29) is 0 Å². The first kappa shape index (κ1) is 23.8. The Labute approximate surface area is 246 Å². The van der Waals surface area contributed by atoms with Gasteiger partial charge >= 0.3 is 0 Å². The van der Waals surface area contributed by atoms with Crippen molar-refractivity contribution in [1.29, 1.82) is 0 Å². The molecular formula is C37H24N4O2. The fourth-order valence-electron chi connectivity index (χ4n) is 6.25. The van der Waals surface area contributed by atoms with E-state index in [9.17, 15) is 0 Å². The van der Waals surface area contributed by atoms with Crippen molar-refractivity contribution in [1.82, 2.24) is 19.1 Å². The lowest BCUT2D eigenvalue weighted by Crippen LogP contribution is -1.96. The topological polar surface area (TPSA) is 58.0 Å². The molecule has 9 aromatic rings. The molecule has 0 N–H and O–H groups in total. The molecule has 0 aliphatic heterocycles. The number of para-hydroxylation sites is 3. The molecule has 204 valence electrons. The van der Waals surface area contributed by atoms with Gasteiger partial charge in [-0.15, -0.1) is 0 Å². The van der Waals surface area contributed by atoms with Crippen LogP contribution in [0.5, 0.6) is 11.5 Å². The maximum absolute atomic E-state index is 6.48. The molecule has 0 aliphatic rings. The summed E-state index contributed by atoms with van der Waals surface area (Å²) >= 11 is 0. The molecule has 0 saturated carbocycles. The van der Waals surface area contributed by atoms with Gasteiger partial charge in [-0.25, -0.2) is 9.97 Å². The Morgan fingerprint density at radius 2 is 1.44 bits per heavy atom. The highest BCUT2D eigenvalue weighted by molar-refractivity contribution is 6.17. The van der Waals surface area contributed by atoms with E-state index in [1.54, 1.807) is 0 Å². The Morgan fingerprint density at radius 3 is 2.35 bits per heavy atom. The first-order valence-corrected chi connectivity index (χ1v) is 14.2. The number of aromatic nitrogens is 4. The number of hydrogen-bond donors (Lipinski definition) is 0. The van der Waals surface area contributed by atoms with Crippen molar-refractivity contribution >= 4 is 54.8 Å². The Bertz CT molecular complexity index is 2500. The first-order chi connectivity index (χ1) is 21.2. The lowest BCUT2D eigenvalue weighted by atomic mass is 10.1. The predicted octanol–water partition coefficient (Wildman–Crippen LogP) is 9.42. The van der Waals surface area contributed by atoms with Gasteiger partial charge in [0.2, 0.25) is 0 Å². The normalized spacial score (nSPS) is 11.8. The van der Waals surface area contributed by atoms with Crippen LogP contribution in [0.1, 0.15) is 0 Å². The van der Waals surface area contributed by atoms with Crippen molar-refractivity contribution in [3.8, 4) is 28.7 Å². The minimum Gasteiger partial charge on any atom is -0.457 e. The molecule has 4 aromatic heterocycles. The zero-order valence-corrected chi connectivity index (χ0v) is 23.2. The highest BCUT2D eigenvalue weighted by Crippen LogP contribution is 2.39.